The highest BCUT2D eigenvalue weighted by Crippen LogP contribution is 2.35. The van der Waals surface area contributed by atoms with Crippen LogP contribution in [0, 0.1) is 6.92 Å². The van der Waals surface area contributed by atoms with Gasteiger partial charge in [-0.25, -0.2) is 0 Å². The highest BCUT2D eigenvalue weighted by molar-refractivity contribution is 6.00. The maximum atomic E-state index is 14.0. The average Bonchev–Trinajstić information content (AvgIpc) is 3.24. The molecule has 0 spiro atoms. The smallest absolute Gasteiger partial charge is 0.273 e. The Labute approximate surface area is 206 Å². The number of amides is 2. The molecular weight excluding hydrogens is 440 g/mol. The van der Waals surface area contributed by atoms with Gasteiger partial charge >= 0.3 is 0 Å². The van der Waals surface area contributed by atoms with Crippen LogP contribution in [-0.4, -0.2) is 39.1 Å². The Bertz CT molecular complexity index is 1260. The minimum atomic E-state index is -1.11. The van der Waals surface area contributed by atoms with E-state index >= 15 is 0 Å². The van der Waals surface area contributed by atoms with Crippen molar-refractivity contribution < 1.29 is 14.3 Å². The molecular formula is C28H32N4O3. The number of rotatable bonds is 6. The monoisotopic (exact) mass is 472 g/mol. The summed E-state index contributed by atoms with van der Waals surface area (Å²) in [6.45, 7) is 4.86. The van der Waals surface area contributed by atoms with Crippen molar-refractivity contribution in [3.05, 3.63) is 82.2 Å². The first-order valence-corrected chi connectivity index (χ1v) is 12.3. The van der Waals surface area contributed by atoms with Crippen molar-refractivity contribution in [3.8, 4) is 5.75 Å². The fourth-order valence-electron chi connectivity index (χ4n) is 5.21. The van der Waals surface area contributed by atoms with Crippen LogP contribution < -0.4 is 10.1 Å². The number of ether oxygens (including phenoxy) is 1. The van der Waals surface area contributed by atoms with Gasteiger partial charge in [-0.3, -0.25) is 14.3 Å². The van der Waals surface area contributed by atoms with Gasteiger partial charge in [-0.1, -0.05) is 48.0 Å². The van der Waals surface area contributed by atoms with Gasteiger partial charge in [0.2, 0.25) is 5.91 Å². The summed E-state index contributed by atoms with van der Waals surface area (Å²) in [5, 5.41) is 7.87. The summed E-state index contributed by atoms with van der Waals surface area (Å²) in [7, 11) is 1.62. The molecule has 0 unspecified atom stereocenters. The molecule has 0 bridgehead atoms. The molecule has 1 N–H and O–H groups in total. The van der Waals surface area contributed by atoms with E-state index in [0.717, 1.165) is 48.1 Å². The number of hydrogen-bond donors (Lipinski definition) is 1. The lowest BCUT2D eigenvalue weighted by atomic mass is 9.90. The fraction of sp³-hybridized carbons (Fsp3) is 0.393. The molecule has 0 saturated heterocycles. The van der Waals surface area contributed by atoms with Gasteiger partial charge in [0.15, 0.2) is 0 Å². The predicted molar refractivity (Wildman–Crippen MR) is 133 cm³/mol. The third-order valence-corrected chi connectivity index (χ3v) is 7.31. The Morgan fingerprint density at radius 2 is 1.86 bits per heavy atom. The van der Waals surface area contributed by atoms with Gasteiger partial charge in [-0.15, -0.1) is 0 Å². The molecule has 2 amide bonds. The number of nitrogens with one attached hydrogen (secondary N) is 1. The standard InChI is InChI=1S/C28H32N4O3/c1-19-12-14-20(15-13-19)16-29-27(34)28(2)18-32-25(22-9-5-6-10-23(22)30-32)26(33)31(28)17-21-8-4-7-11-24(21)35-3/h4,7-8,11-15H,5-6,9-10,16-18H2,1-3H3,(H,29,34)/t28-/m0/s1. The normalized spacial score (nSPS) is 19.2. The highest BCUT2D eigenvalue weighted by Gasteiger charge is 2.49. The van der Waals surface area contributed by atoms with E-state index in [4.69, 9.17) is 9.84 Å². The van der Waals surface area contributed by atoms with Crippen molar-refractivity contribution >= 4 is 11.8 Å². The predicted octanol–water partition coefficient (Wildman–Crippen LogP) is 3.81. The van der Waals surface area contributed by atoms with Crippen molar-refractivity contribution in [1.82, 2.24) is 20.0 Å². The molecule has 5 rings (SSSR count). The largest absolute Gasteiger partial charge is 0.496 e. The summed E-state index contributed by atoms with van der Waals surface area (Å²) in [4.78, 5) is 29.5. The summed E-state index contributed by atoms with van der Waals surface area (Å²) in [6.07, 6.45) is 3.87. The van der Waals surface area contributed by atoms with Crippen LogP contribution in [0.3, 0.4) is 0 Å². The summed E-state index contributed by atoms with van der Waals surface area (Å²) < 4.78 is 7.33. The quantitative estimate of drug-likeness (QED) is 0.592. The number of benzene rings is 2. The van der Waals surface area contributed by atoms with Crippen LogP contribution in [-0.2, 0) is 37.3 Å². The Morgan fingerprint density at radius 1 is 1.11 bits per heavy atom. The molecule has 1 aliphatic heterocycles. The second-order valence-electron chi connectivity index (χ2n) is 9.78. The molecule has 0 fully saturated rings. The van der Waals surface area contributed by atoms with Gasteiger partial charge in [0, 0.05) is 17.7 Å². The average molecular weight is 473 g/mol. The van der Waals surface area contributed by atoms with Gasteiger partial charge in [0.05, 0.1) is 25.9 Å². The zero-order valence-electron chi connectivity index (χ0n) is 20.6. The number of fused-ring (bicyclic) bond motifs is 3. The number of hydrogen-bond acceptors (Lipinski definition) is 4. The number of nitrogens with zero attached hydrogens (tertiary/aromatic N) is 3. The van der Waals surface area contributed by atoms with Crippen LogP contribution in [0.2, 0.25) is 0 Å². The molecule has 35 heavy (non-hydrogen) atoms. The van der Waals surface area contributed by atoms with Crippen molar-refractivity contribution in [2.24, 2.45) is 0 Å². The molecule has 1 atom stereocenters. The minimum Gasteiger partial charge on any atom is -0.496 e. The molecule has 2 aliphatic rings. The minimum absolute atomic E-state index is 0.147. The van der Waals surface area contributed by atoms with Gasteiger partial charge in [-0.05, 0) is 51.2 Å². The van der Waals surface area contributed by atoms with Crippen LogP contribution in [0.15, 0.2) is 48.5 Å². The van der Waals surface area contributed by atoms with Crippen LogP contribution in [0.5, 0.6) is 5.75 Å². The molecule has 2 heterocycles. The van der Waals surface area contributed by atoms with Crippen molar-refractivity contribution in [1.29, 1.82) is 0 Å². The molecule has 2 aromatic carbocycles. The first-order chi connectivity index (χ1) is 16.9. The van der Waals surface area contributed by atoms with E-state index in [1.165, 1.54) is 5.56 Å². The number of methoxy groups -OCH3 is 1. The topological polar surface area (TPSA) is 76.5 Å². The lowest BCUT2D eigenvalue weighted by molar-refractivity contribution is -0.133. The third kappa shape index (κ3) is 4.20. The van der Waals surface area contributed by atoms with Crippen molar-refractivity contribution in [2.75, 3.05) is 7.11 Å². The van der Waals surface area contributed by atoms with Crippen molar-refractivity contribution in [2.45, 2.75) is 64.7 Å². The second kappa shape index (κ2) is 9.21. The van der Waals surface area contributed by atoms with E-state index in [1.54, 1.807) is 16.7 Å². The maximum Gasteiger partial charge on any atom is 0.273 e. The van der Waals surface area contributed by atoms with E-state index < -0.39 is 5.54 Å². The lowest BCUT2D eigenvalue weighted by Crippen LogP contribution is -2.63. The van der Waals surface area contributed by atoms with E-state index in [0.29, 0.717) is 24.5 Å². The molecule has 1 aromatic heterocycles. The second-order valence-corrected chi connectivity index (χ2v) is 9.78. The van der Waals surface area contributed by atoms with E-state index in [9.17, 15) is 9.59 Å². The van der Waals surface area contributed by atoms with Gasteiger partial charge in [0.1, 0.15) is 17.0 Å². The number of carbonyl (C=O) groups is 2. The first kappa shape index (κ1) is 23.1. The summed E-state index contributed by atoms with van der Waals surface area (Å²) >= 11 is 0. The summed E-state index contributed by atoms with van der Waals surface area (Å²) in [5.74, 6) is 0.357. The SMILES string of the molecule is COc1ccccc1CN1C(=O)c2c3c(nn2C[C@@]1(C)C(=O)NCc1ccc(C)cc1)CCCC3. The van der Waals surface area contributed by atoms with Crippen LogP contribution in [0.4, 0.5) is 0 Å². The molecule has 7 nitrogen and oxygen atoms in total. The molecule has 7 heteroatoms. The van der Waals surface area contributed by atoms with Gasteiger partial charge in [0.25, 0.3) is 5.91 Å². The Morgan fingerprint density at radius 3 is 2.63 bits per heavy atom. The van der Waals surface area contributed by atoms with Gasteiger partial charge in [-0.2, -0.15) is 5.10 Å². The number of para-hydroxylation sites is 1. The Balaban J connectivity index is 1.50. The highest BCUT2D eigenvalue weighted by atomic mass is 16.5. The number of aromatic nitrogens is 2. The summed E-state index contributed by atoms with van der Waals surface area (Å²) in [5.41, 5.74) is 4.63. The molecule has 0 radical (unpaired) electrons. The number of carbonyl (C=O) groups excluding carboxylic acids is 2. The zero-order chi connectivity index (χ0) is 24.6. The van der Waals surface area contributed by atoms with Crippen LogP contribution in [0.1, 0.15) is 58.2 Å². The van der Waals surface area contributed by atoms with E-state index in [-0.39, 0.29) is 18.4 Å². The zero-order valence-corrected chi connectivity index (χ0v) is 20.6. The number of aryl methyl sites for hydroxylation is 2. The molecule has 3 aromatic rings. The summed E-state index contributed by atoms with van der Waals surface area (Å²) in [6, 6.07) is 15.7. The van der Waals surface area contributed by atoms with Gasteiger partial charge < -0.3 is 15.0 Å². The van der Waals surface area contributed by atoms with Crippen molar-refractivity contribution in [3.63, 3.8) is 0 Å². The first-order valence-electron chi connectivity index (χ1n) is 12.3. The Kier molecular flexibility index (Phi) is 6.09. The fourth-order valence-corrected chi connectivity index (χ4v) is 5.21. The van der Waals surface area contributed by atoms with Crippen LogP contribution in [0.25, 0.3) is 0 Å². The van der Waals surface area contributed by atoms with E-state index in [2.05, 4.69) is 5.32 Å². The maximum absolute atomic E-state index is 14.0. The molecule has 0 saturated carbocycles. The van der Waals surface area contributed by atoms with E-state index in [1.807, 2.05) is 62.4 Å². The lowest BCUT2D eigenvalue weighted by Gasteiger charge is -2.43. The Hall–Kier alpha value is -3.61. The third-order valence-electron chi connectivity index (χ3n) is 7.31. The van der Waals surface area contributed by atoms with Crippen LogP contribution >= 0.6 is 0 Å². The molecule has 182 valence electrons. The molecule has 1 aliphatic carbocycles.